The Hall–Kier alpha value is -3.06. The van der Waals surface area contributed by atoms with Crippen LogP contribution in [0.25, 0.3) is 32.6 Å². The van der Waals surface area contributed by atoms with Crippen LogP contribution in [0.15, 0.2) is 72.8 Å². The van der Waals surface area contributed by atoms with E-state index >= 15 is 0 Å². The largest absolute Gasteiger partial charge is 0.341 e. The molecule has 2 aliphatic carbocycles. The maximum Gasteiger partial charge on any atom is 0.0491 e. The van der Waals surface area contributed by atoms with E-state index in [4.69, 9.17) is 0 Å². The number of hydrogen-bond acceptors (Lipinski definition) is 0. The number of nitrogens with zero attached hydrogens (tertiary/aromatic N) is 1. The fraction of sp³-hybridized carbons (Fsp3) is 0.214. The van der Waals surface area contributed by atoms with Crippen LogP contribution in [-0.2, 0) is 32.2 Å². The third-order valence-corrected chi connectivity index (χ3v) is 6.78. The predicted octanol–water partition coefficient (Wildman–Crippen LogP) is 6.85. The average Bonchev–Trinajstić information content (AvgIpc) is 3.08. The Morgan fingerprint density at radius 2 is 1.10 bits per heavy atom. The first-order chi connectivity index (χ1) is 14.3. The third kappa shape index (κ3) is 2.61. The Labute approximate surface area is 171 Å². The van der Waals surface area contributed by atoms with Gasteiger partial charge in [-0.3, -0.25) is 0 Å². The zero-order chi connectivity index (χ0) is 19.4. The number of benzene rings is 4. The quantitative estimate of drug-likeness (QED) is 0.302. The number of aromatic nitrogens is 1. The van der Waals surface area contributed by atoms with E-state index in [-0.39, 0.29) is 0 Å². The van der Waals surface area contributed by atoms with Gasteiger partial charge in [-0.25, -0.2) is 0 Å². The molecule has 5 aromatic rings. The molecule has 4 aromatic carbocycles. The number of aryl methyl sites for hydroxylation is 5. The van der Waals surface area contributed by atoms with Gasteiger partial charge in [-0.05, 0) is 89.9 Å². The van der Waals surface area contributed by atoms with Crippen LogP contribution in [0.5, 0.6) is 0 Å². The van der Waals surface area contributed by atoms with Crippen molar-refractivity contribution < 1.29 is 0 Å². The molecule has 6 bridgehead atoms. The normalized spacial score (nSPS) is 14.0. The van der Waals surface area contributed by atoms with Gasteiger partial charge in [-0.1, -0.05) is 48.5 Å². The van der Waals surface area contributed by atoms with Crippen LogP contribution in [0.2, 0.25) is 0 Å². The molecule has 0 aliphatic heterocycles. The van der Waals surface area contributed by atoms with Crippen molar-refractivity contribution in [3.63, 3.8) is 0 Å². The molecule has 0 amide bonds. The SMILES string of the molecule is CCn1c2ccc3cc2c2cc(ccc21)CCc1ccc(c2ccccc12)CC3. The molecule has 0 saturated carbocycles. The first-order valence-corrected chi connectivity index (χ1v) is 10.8. The summed E-state index contributed by atoms with van der Waals surface area (Å²) < 4.78 is 2.46. The molecule has 0 N–H and O–H groups in total. The maximum absolute atomic E-state index is 2.46. The van der Waals surface area contributed by atoms with E-state index in [1.807, 2.05) is 0 Å². The van der Waals surface area contributed by atoms with Crippen molar-refractivity contribution in [2.24, 2.45) is 0 Å². The topological polar surface area (TPSA) is 4.93 Å². The lowest BCUT2D eigenvalue weighted by molar-refractivity contribution is 0.826. The van der Waals surface area contributed by atoms with Crippen molar-refractivity contribution in [2.75, 3.05) is 0 Å². The Kier molecular flexibility index (Phi) is 3.77. The average molecular weight is 376 g/mol. The van der Waals surface area contributed by atoms with Crippen molar-refractivity contribution in [3.05, 3.63) is 95.1 Å². The molecule has 29 heavy (non-hydrogen) atoms. The summed E-state index contributed by atoms with van der Waals surface area (Å²) in [7, 11) is 0. The van der Waals surface area contributed by atoms with Gasteiger partial charge in [0.2, 0.25) is 0 Å². The Bertz CT molecular complexity index is 1280. The highest BCUT2D eigenvalue weighted by molar-refractivity contribution is 6.08. The fourth-order valence-electron chi connectivity index (χ4n) is 5.27. The van der Waals surface area contributed by atoms with E-state index in [0.717, 1.165) is 32.2 Å². The third-order valence-electron chi connectivity index (χ3n) is 6.78. The molecule has 7 rings (SSSR count). The van der Waals surface area contributed by atoms with Crippen molar-refractivity contribution in [3.8, 4) is 0 Å². The summed E-state index contributed by atoms with van der Waals surface area (Å²) >= 11 is 0. The van der Waals surface area contributed by atoms with Gasteiger partial charge in [-0.15, -0.1) is 0 Å². The van der Waals surface area contributed by atoms with Gasteiger partial charge in [0.05, 0.1) is 0 Å². The molecular formula is C28H25N. The molecule has 0 unspecified atom stereocenters. The van der Waals surface area contributed by atoms with Crippen LogP contribution in [0, 0.1) is 0 Å². The van der Waals surface area contributed by atoms with Crippen LogP contribution >= 0.6 is 0 Å². The molecular weight excluding hydrogens is 350 g/mol. The van der Waals surface area contributed by atoms with Gasteiger partial charge >= 0.3 is 0 Å². The van der Waals surface area contributed by atoms with Gasteiger partial charge in [0, 0.05) is 28.4 Å². The standard InChI is InChI=1S/C28H25N/c1-2-29-27-15-9-19-7-11-21-13-14-22(24-6-4-3-5-23(21)24)12-8-20-10-16-28(29)26(18-20)25(27)17-19/h3-6,9-10,13-18H,2,7-8,11-12H2,1H3. The molecule has 1 heterocycles. The summed E-state index contributed by atoms with van der Waals surface area (Å²) in [5, 5.41) is 5.68. The molecule has 0 fully saturated rings. The van der Waals surface area contributed by atoms with Crippen LogP contribution in [0.3, 0.4) is 0 Å². The Morgan fingerprint density at radius 3 is 1.59 bits per heavy atom. The van der Waals surface area contributed by atoms with Crippen molar-refractivity contribution in [1.82, 2.24) is 4.57 Å². The molecule has 1 nitrogen and oxygen atoms in total. The van der Waals surface area contributed by atoms with Crippen LogP contribution in [0.4, 0.5) is 0 Å². The summed E-state index contributed by atoms with van der Waals surface area (Å²) in [6.07, 6.45) is 4.34. The summed E-state index contributed by atoms with van der Waals surface area (Å²) in [6, 6.07) is 27.9. The zero-order valence-corrected chi connectivity index (χ0v) is 16.9. The van der Waals surface area contributed by atoms with Crippen LogP contribution < -0.4 is 0 Å². The second-order valence-electron chi connectivity index (χ2n) is 8.38. The minimum Gasteiger partial charge on any atom is -0.341 e. The van der Waals surface area contributed by atoms with E-state index in [9.17, 15) is 0 Å². The van der Waals surface area contributed by atoms with Crippen molar-refractivity contribution >= 4 is 32.6 Å². The second-order valence-corrected chi connectivity index (χ2v) is 8.38. The lowest BCUT2D eigenvalue weighted by atomic mass is 9.92. The molecule has 1 heteroatoms. The lowest BCUT2D eigenvalue weighted by Gasteiger charge is -2.13. The molecule has 0 saturated heterocycles. The van der Waals surface area contributed by atoms with E-state index in [1.165, 1.54) is 54.8 Å². The summed E-state index contributed by atoms with van der Waals surface area (Å²) in [5.74, 6) is 0. The second kappa shape index (κ2) is 6.49. The number of hydrogen-bond donors (Lipinski definition) is 0. The first-order valence-electron chi connectivity index (χ1n) is 10.8. The highest BCUT2D eigenvalue weighted by Crippen LogP contribution is 2.32. The molecule has 0 spiro atoms. The van der Waals surface area contributed by atoms with Crippen LogP contribution in [0.1, 0.15) is 29.2 Å². The van der Waals surface area contributed by atoms with Gasteiger partial charge < -0.3 is 4.57 Å². The molecule has 142 valence electrons. The first kappa shape index (κ1) is 16.9. The van der Waals surface area contributed by atoms with E-state index in [1.54, 1.807) is 0 Å². The smallest absolute Gasteiger partial charge is 0.0491 e. The Morgan fingerprint density at radius 1 is 0.586 bits per heavy atom. The highest BCUT2D eigenvalue weighted by atomic mass is 15.0. The van der Waals surface area contributed by atoms with Gasteiger partial charge in [0.15, 0.2) is 0 Å². The molecule has 0 atom stereocenters. The lowest BCUT2D eigenvalue weighted by Crippen LogP contribution is -1.97. The highest BCUT2D eigenvalue weighted by Gasteiger charge is 2.13. The van der Waals surface area contributed by atoms with Gasteiger partial charge in [0.25, 0.3) is 0 Å². The summed E-state index contributed by atoms with van der Waals surface area (Å²) in [5.41, 5.74) is 8.53. The van der Waals surface area contributed by atoms with E-state index < -0.39 is 0 Å². The van der Waals surface area contributed by atoms with E-state index in [0.29, 0.717) is 0 Å². The number of rotatable bonds is 1. The number of fused-ring (bicyclic) bond motifs is 3. The maximum atomic E-state index is 2.46. The van der Waals surface area contributed by atoms with Crippen LogP contribution in [-0.4, -0.2) is 4.57 Å². The van der Waals surface area contributed by atoms with Crippen molar-refractivity contribution in [1.29, 1.82) is 0 Å². The van der Waals surface area contributed by atoms with E-state index in [2.05, 4.69) is 84.3 Å². The molecule has 1 aromatic heterocycles. The molecule has 2 aliphatic rings. The summed E-state index contributed by atoms with van der Waals surface area (Å²) in [6.45, 7) is 3.25. The summed E-state index contributed by atoms with van der Waals surface area (Å²) in [4.78, 5) is 0. The zero-order valence-electron chi connectivity index (χ0n) is 16.9. The predicted molar refractivity (Wildman–Crippen MR) is 124 cm³/mol. The Balaban J connectivity index is 1.61. The monoisotopic (exact) mass is 375 g/mol. The van der Waals surface area contributed by atoms with Gasteiger partial charge in [0.1, 0.15) is 0 Å². The molecule has 0 radical (unpaired) electrons. The van der Waals surface area contributed by atoms with Crippen molar-refractivity contribution in [2.45, 2.75) is 39.2 Å². The minimum absolute atomic E-state index is 1.01. The fourth-order valence-corrected chi connectivity index (χ4v) is 5.27. The minimum atomic E-state index is 1.01. The van der Waals surface area contributed by atoms with Gasteiger partial charge in [-0.2, -0.15) is 0 Å².